The van der Waals surface area contributed by atoms with Gasteiger partial charge in [0.1, 0.15) is 11.6 Å². The second kappa shape index (κ2) is 7.95. The van der Waals surface area contributed by atoms with Gasteiger partial charge in [-0.1, -0.05) is 34.5 Å². The molecule has 7 nitrogen and oxygen atoms in total. The van der Waals surface area contributed by atoms with E-state index in [4.69, 9.17) is 23.2 Å². The summed E-state index contributed by atoms with van der Waals surface area (Å²) in [7, 11) is -4.30. The van der Waals surface area contributed by atoms with Crippen molar-refractivity contribution in [2.24, 2.45) is 0 Å². The van der Waals surface area contributed by atoms with Crippen molar-refractivity contribution in [1.82, 2.24) is 10.2 Å². The quantitative estimate of drug-likeness (QED) is 0.551. The van der Waals surface area contributed by atoms with Crippen molar-refractivity contribution in [3.63, 3.8) is 0 Å². The number of sulfonamides is 1. The van der Waals surface area contributed by atoms with Crippen molar-refractivity contribution in [2.75, 3.05) is 10.0 Å². The Hall–Kier alpha value is -2.34. The minimum absolute atomic E-state index is 0.0933. The molecule has 1 amide bonds. The van der Waals surface area contributed by atoms with E-state index in [9.17, 15) is 22.0 Å². The summed E-state index contributed by atoms with van der Waals surface area (Å²) in [5.74, 6) is -2.61. The molecule has 2 N–H and O–H groups in total. The molecular formula is C15H8Cl2F2N4O3S2. The van der Waals surface area contributed by atoms with Gasteiger partial charge in [0.2, 0.25) is 5.13 Å². The Balaban J connectivity index is 1.78. The number of carbonyl (C=O) groups excluding carboxylic acids is 1. The third-order valence-electron chi connectivity index (χ3n) is 3.21. The van der Waals surface area contributed by atoms with Gasteiger partial charge in [-0.3, -0.25) is 14.8 Å². The fourth-order valence-corrected chi connectivity index (χ4v) is 4.43. The fourth-order valence-electron chi connectivity index (χ4n) is 1.97. The topological polar surface area (TPSA) is 101 Å². The number of amides is 1. The first kappa shape index (κ1) is 20.4. The van der Waals surface area contributed by atoms with Crippen LogP contribution in [0.25, 0.3) is 0 Å². The first-order valence-corrected chi connectivity index (χ1v) is 10.3. The molecule has 1 aromatic heterocycles. The SMILES string of the molecule is O=C(Nc1nnc(S(=O)(=O)Nc2ccc(F)cc2F)s1)c1ccc(Cl)cc1Cl. The highest BCUT2D eigenvalue weighted by Gasteiger charge is 2.23. The maximum absolute atomic E-state index is 13.6. The van der Waals surface area contributed by atoms with Gasteiger partial charge < -0.3 is 0 Å². The Kier molecular flexibility index (Phi) is 5.79. The number of hydrogen-bond donors (Lipinski definition) is 2. The average molecular weight is 465 g/mol. The van der Waals surface area contributed by atoms with Gasteiger partial charge in [-0.2, -0.15) is 8.42 Å². The minimum Gasteiger partial charge on any atom is -0.296 e. The molecule has 2 aromatic carbocycles. The van der Waals surface area contributed by atoms with Crippen LogP contribution in [0, 0.1) is 11.6 Å². The summed E-state index contributed by atoms with van der Waals surface area (Å²) >= 11 is 12.2. The zero-order valence-electron chi connectivity index (χ0n) is 13.4. The molecule has 13 heteroatoms. The molecule has 0 saturated heterocycles. The lowest BCUT2D eigenvalue weighted by atomic mass is 10.2. The number of nitrogens with one attached hydrogen (secondary N) is 2. The third kappa shape index (κ3) is 4.55. The summed E-state index contributed by atoms with van der Waals surface area (Å²) in [6, 6.07) is 6.56. The number of halogens is 4. The number of rotatable bonds is 5. The van der Waals surface area contributed by atoms with Crippen LogP contribution in [0.1, 0.15) is 10.4 Å². The summed E-state index contributed by atoms with van der Waals surface area (Å²) in [6.45, 7) is 0. The van der Waals surface area contributed by atoms with E-state index in [1.165, 1.54) is 18.2 Å². The Morgan fingerprint density at radius 3 is 2.50 bits per heavy atom. The predicted octanol–water partition coefficient (Wildman–Crippen LogP) is 4.18. The predicted molar refractivity (Wildman–Crippen MR) is 101 cm³/mol. The van der Waals surface area contributed by atoms with E-state index in [0.29, 0.717) is 22.4 Å². The highest BCUT2D eigenvalue weighted by atomic mass is 35.5. The highest BCUT2D eigenvalue weighted by molar-refractivity contribution is 7.94. The van der Waals surface area contributed by atoms with Crippen molar-refractivity contribution in [3.05, 3.63) is 63.6 Å². The average Bonchev–Trinajstić information content (AvgIpc) is 3.06. The maximum Gasteiger partial charge on any atom is 0.291 e. The molecule has 0 aliphatic heterocycles. The lowest BCUT2D eigenvalue weighted by Gasteiger charge is -2.06. The van der Waals surface area contributed by atoms with Gasteiger partial charge in [-0.15, -0.1) is 10.2 Å². The van der Waals surface area contributed by atoms with E-state index in [1.807, 2.05) is 4.72 Å². The molecule has 0 unspecified atom stereocenters. The third-order valence-corrected chi connectivity index (χ3v) is 6.33. The Labute approximate surface area is 171 Å². The van der Waals surface area contributed by atoms with E-state index in [1.54, 1.807) is 0 Å². The van der Waals surface area contributed by atoms with Crippen LogP contribution in [0.2, 0.25) is 10.0 Å². The largest absolute Gasteiger partial charge is 0.296 e. The van der Waals surface area contributed by atoms with Gasteiger partial charge in [0, 0.05) is 11.1 Å². The van der Waals surface area contributed by atoms with Crippen LogP contribution in [0.5, 0.6) is 0 Å². The molecule has 28 heavy (non-hydrogen) atoms. The summed E-state index contributed by atoms with van der Waals surface area (Å²) in [4.78, 5) is 12.2. The molecule has 0 bridgehead atoms. The zero-order valence-corrected chi connectivity index (χ0v) is 16.6. The first-order chi connectivity index (χ1) is 13.2. The van der Waals surface area contributed by atoms with Crippen LogP contribution in [-0.4, -0.2) is 24.5 Å². The number of benzene rings is 2. The van der Waals surface area contributed by atoms with Crippen LogP contribution in [0.3, 0.4) is 0 Å². The number of aromatic nitrogens is 2. The molecule has 146 valence electrons. The molecule has 0 spiro atoms. The van der Waals surface area contributed by atoms with Gasteiger partial charge in [-0.05, 0) is 30.3 Å². The van der Waals surface area contributed by atoms with E-state index >= 15 is 0 Å². The normalized spacial score (nSPS) is 11.3. The summed E-state index contributed by atoms with van der Waals surface area (Å²) in [5, 5.41) is 9.69. The number of nitrogens with zero attached hydrogens (tertiary/aromatic N) is 2. The Morgan fingerprint density at radius 2 is 1.82 bits per heavy atom. The molecule has 0 fully saturated rings. The van der Waals surface area contributed by atoms with Crippen LogP contribution in [-0.2, 0) is 10.0 Å². The number of carbonyl (C=O) groups is 1. The van der Waals surface area contributed by atoms with Crippen molar-refractivity contribution >= 4 is 61.3 Å². The molecule has 0 aliphatic carbocycles. The highest BCUT2D eigenvalue weighted by Crippen LogP contribution is 2.26. The smallest absolute Gasteiger partial charge is 0.291 e. The summed E-state index contributed by atoms with van der Waals surface area (Å²) in [6.07, 6.45) is 0. The van der Waals surface area contributed by atoms with E-state index in [2.05, 4.69) is 15.5 Å². The second-order valence-corrected chi connectivity index (χ2v) is 8.86. The molecule has 3 rings (SSSR count). The number of hydrogen-bond acceptors (Lipinski definition) is 6. The summed E-state index contributed by atoms with van der Waals surface area (Å²) < 4.78 is 52.5. The van der Waals surface area contributed by atoms with E-state index in [0.717, 1.165) is 12.1 Å². The van der Waals surface area contributed by atoms with Crippen molar-refractivity contribution in [3.8, 4) is 0 Å². The molecule has 0 radical (unpaired) electrons. The molecule has 0 atom stereocenters. The van der Waals surface area contributed by atoms with E-state index < -0.39 is 37.6 Å². The van der Waals surface area contributed by atoms with Gasteiger partial charge in [0.15, 0.2) is 0 Å². The minimum atomic E-state index is -4.30. The molecule has 0 aliphatic rings. The van der Waals surface area contributed by atoms with Gasteiger partial charge in [0.05, 0.1) is 16.3 Å². The van der Waals surface area contributed by atoms with Crippen molar-refractivity contribution in [1.29, 1.82) is 0 Å². The molecule has 1 heterocycles. The van der Waals surface area contributed by atoms with Crippen LogP contribution < -0.4 is 10.0 Å². The maximum atomic E-state index is 13.6. The number of anilines is 2. The van der Waals surface area contributed by atoms with Gasteiger partial charge in [-0.25, -0.2) is 8.78 Å². The molecule has 3 aromatic rings. The standard InChI is InChI=1S/C15H8Cl2F2N4O3S2/c16-7-1-3-9(10(17)5-7)13(24)20-14-21-22-15(27-14)28(25,26)23-12-4-2-8(18)6-11(12)19/h1-6,23H,(H,20,21,24). The molecule has 0 saturated carbocycles. The summed E-state index contributed by atoms with van der Waals surface area (Å²) in [5.41, 5.74) is -0.368. The molecular weight excluding hydrogens is 457 g/mol. The van der Waals surface area contributed by atoms with Gasteiger partial charge >= 0.3 is 0 Å². The lowest BCUT2D eigenvalue weighted by molar-refractivity contribution is 0.102. The van der Waals surface area contributed by atoms with Crippen LogP contribution >= 0.6 is 34.5 Å². The fraction of sp³-hybridized carbons (Fsp3) is 0. The lowest BCUT2D eigenvalue weighted by Crippen LogP contribution is -2.14. The Bertz CT molecular complexity index is 1170. The van der Waals surface area contributed by atoms with E-state index in [-0.39, 0.29) is 15.7 Å². The van der Waals surface area contributed by atoms with Crippen LogP contribution in [0.15, 0.2) is 40.7 Å². The van der Waals surface area contributed by atoms with Crippen molar-refractivity contribution < 1.29 is 22.0 Å². The van der Waals surface area contributed by atoms with Gasteiger partial charge in [0.25, 0.3) is 20.3 Å². The van der Waals surface area contributed by atoms with Crippen LogP contribution in [0.4, 0.5) is 19.6 Å². The first-order valence-electron chi connectivity index (χ1n) is 7.23. The monoisotopic (exact) mass is 464 g/mol. The second-order valence-electron chi connectivity index (χ2n) is 5.18. The Morgan fingerprint density at radius 1 is 1.07 bits per heavy atom. The van der Waals surface area contributed by atoms with Crippen molar-refractivity contribution in [2.45, 2.75) is 4.34 Å². The zero-order chi connectivity index (χ0) is 20.5.